The Hall–Kier alpha value is -0.690. The first kappa shape index (κ1) is 14.4. The fraction of sp³-hybridized carbons (Fsp3) is 0.909. The number of ether oxygens (including phenoxy) is 4. The van der Waals surface area contributed by atoms with Crippen molar-refractivity contribution >= 4 is 5.97 Å². The molecule has 0 unspecified atom stereocenters. The van der Waals surface area contributed by atoms with E-state index in [0.29, 0.717) is 26.1 Å². The molecule has 6 nitrogen and oxygen atoms in total. The zero-order valence-corrected chi connectivity index (χ0v) is 10.1. The maximum atomic E-state index is 11.4. The van der Waals surface area contributed by atoms with E-state index in [1.165, 1.54) is 0 Å². The SMILES string of the molecule is COCCOCO[C@H]1COC(=O)[C@H]1CCCO. The summed E-state index contributed by atoms with van der Waals surface area (Å²) in [6.45, 7) is 1.43. The van der Waals surface area contributed by atoms with Crippen LogP contribution in [0.25, 0.3) is 0 Å². The molecular weight excluding hydrogens is 228 g/mol. The molecule has 1 aliphatic heterocycles. The van der Waals surface area contributed by atoms with Crippen LogP contribution in [0.3, 0.4) is 0 Å². The number of rotatable bonds is 9. The molecule has 0 aromatic carbocycles. The fourth-order valence-electron chi connectivity index (χ4n) is 1.66. The predicted octanol–water partition coefficient (Wildman–Crippen LogP) is -0.0624. The number of esters is 1. The van der Waals surface area contributed by atoms with Crippen LogP contribution in [0, 0.1) is 5.92 Å². The van der Waals surface area contributed by atoms with Gasteiger partial charge in [-0.3, -0.25) is 4.79 Å². The molecule has 0 aromatic heterocycles. The molecule has 0 aliphatic carbocycles. The van der Waals surface area contributed by atoms with Gasteiger partial charge in [0.1, 0.15) is 19.5 Å². The highest BCUT2D eigenvalue weighted by Crippen LogP contribution is 2.23. The van der Waals surface area contributed by atoms with Gasteiger partial charge in [0.2, 0.25) is 0 Å². The van der Waals surface area contributed by atoms with E-state index in [4.69, 9.17) is 24.1 Å². The first-order chi connectivity index (χ1) is 8.29. The predicted molar refractivity (Wildman–Crippen MR) is 58.3 cm³/mol. The van der Waals surface area contributed by atoms with E-state index >= 15 is 0 Å². The van der Waals surface area contributed by atoms with Crippen LogP contribution in [-0.4, -0.2) is 57.5 Å². The summed E-state index contributed by atoms with van der Waals surface area (Å²) < 4.78 is 20.3. The van der Waals surface area contributed by atoms with E-state index in [2.05, 4.69) is 0 Å². The highest BCUT2D eigenvalue weighted by molar-refractivity contribution is 5.75. The van der Waals surface area contributed by atoms with E-state index in [1.54, 1.807) is 7.11 Å². The molecule has 1 aliphatic rings. The lowest BCUT2D eigenvalue weighted by Crippen LogP contribution is -2.26. The average Bonchev–Trinajstić information content (AvgIpc) is 2.68. The first-order valence-electron chi connectivity index (χ1n) is 5.75. The van der Waals surface area contributed by atoms with Crippen LogP contribution in [0.1, 0.15) is 12.8 Å². The van der Waals surface area contributed by atoms with Gasteiger partial charge in [0.05, 0.1) is 19.1 Å². The Labute approximate surface area is 101 Å². The minimum Gasteiger partial charge on any atom is -0.463 e. The molecule has 0 amide bonds. The largest absolute Gasteiger partial charge is 0.463 e. The minimum absolute atomic E-state index is 0.0703. The topological polar surface area (TPSA) is 74.2 Å². The van der Waals surface area contributed by atoms with Gasteiger partial charge in [-0.25, -0.2) is 0 Å². The Kier molecular flexibility index (Phi) is 7.11. The molecular formula is C11H20O6. The number of aliphatic hydroxyl groups is 1. The van der Waals surface area contributed by atoms with Crippen molar-refractivity contribution in [2.75, 3.05) is 40.3 Å². The molecule has 0 saturated carbocycles. The number of carbonyl (C=O) groups excluding carboxylic acids is 1. The molecule has 2 atom stereocenters. The van der Waals surface area contributed by atoms with Gasteiger partial charge in [-0.1, -0.05) is 0 Å². The van der Waals surface area contributed by atoms with Crippen LogP contribution in [0.2, 0.25) is 0 Å². The molecule has 0 bridgehead atoms. The van der Waals surface area contributed by atoms with Crippen molar-refractivity contribution in [2.24, 2.45) is 5.92 Å². The van der Waals surface area contributed by atoms with E-state index < -0.39 is 0 Å². The highest BCUT2D eigenvalue weighted by atomic mass is 16.7. The van der Waals surface area contributed by atoms with E-state index in [-0.39, 0.29) is 38.0 Å². The third kappa shape index (κ3) is 4.99. The van der Waals surface area contributed by atoms with E-state index in [9.17, 15) is 4.79 Å². The number of aliphatic hydroxyl groups excluding tert-OH is 1. The van der Waals surface area contributed by atoms with Crippen LogP contribution in [0.15, 0.2) is 0 Å². The zero-order chi connectivity index (χ0) is 12.5. The molecule has 1 N–H and O–H groups in total. The summed E-state index contributed by atoms with van der Waals surface area (Å²) >= 11 is 0. The van der Waals surface area contributed by atoms with Crippen LogP contribution in [0.4, 0.5) is 0 Å². The van der Waals surface area contributed by atoms with Crippen molar-refractivity contribution in [3.8, 4) is 0 Å². The molecule has 17 heavy (non-hydrogen) atoms. The number of hydrogen-bond donors (Lipinski definition) is 1. The van der Waals surface area contributed by atoms with Gasteiger partial charge in [0.25, 0.3) is 0 Å². The van der Waals surface area contributed by atoms with Crippen LogP contribution in [-0.2, 0) is 23.7 Å². The Balaban J connectivity index is 2.19. The third-order valence-electron chi connectivity index (χ3n) is 2.61. The first-order valence-corrected chi connectivity index (χ1v) is 5.75. The van der Waals surface area contributed by atoms with Crippen molar-refractivity contribution < 1.29 is 28.8 Å². The van der Waals surface area contributed by atoms with E-state index in [0.717, 1.165) is 0 Å². The molecule has 0 aromatic rings. The zero-order valence-electron chi connectivity index (χ0n) is 10.1. The van der Waals surface area contributed by atoms with Crippen molar-refractivity contribution in [3.63, 3.8) is 0 Å². The number of carbonyl (C=O) groups is 1. The van der Waals surface area contributed by atoms with Crippen LogP contribution >= 0.6 is 0 Å². The number of cyclic esters (lactones) is 1. The molecule has 100 valence electrons. The quantitative estimate of drug-likeness (QED) is 0.350. The van der Waals surface area contributed by atoms with Gasteiger partial charge in [0.15, 0.2) is 0 Å². The minimum atomic E-state index is -0.284. The summed E-state index contributed by atoms with van der Waals surface area (Å²) in [6, 6.07) is 0. The summed E-state index contributed by atoms with van der Waals surface area (Å²) in [5, 5.41) is 8.74. The van der Waals surface area contributed by atoms with Gasteiger partial charge in [-0.15, -0.1) is 0 Å². The summed E-state index contributed by atoms with van der Waals surface area (Å²) in [5.74, 6) is -0.534. The third-order valence-corrected chi connectivity index (χ3v) is 2.61. The Morgan fingerprint density at radius 1 is 1.47 bits per heavy atom. The molecule has 6 heteroatoms. The monoisotopic (exact) mass is 248 g/mol. The van der Waals surface area contributed by atoms with Gasteiger partial charge in [-0.2, -0.15) is 0 Å². The molecule has 0 spiro atoms. The molecule has 1 fully saturated rings. The van der Waals surface area contributed by atoms with E-state index in [1.807, 2.05) is 0 Å². The molecule has 0 radical (unpaired) electrons. The van der Waals surface area contributed by atoms with Crippen LogP contribution in [0.5, 0.6) is 0 Å². The van der Waals surface area contributed by atoms with Gasteiger partial charge in [0, 0.05) is 13.7 Å². The van der Waals surface area contributed by atoms with Crippen molar-refractivity contribution in [3.05, 3.63) is 0 Å². The molecule has 1 saturated heterocycles. The maximum Gasteiger partial charge on any atom is 0.311 e. The molecule has 1 heterocycles. The number of methoxy groups -OCH3 is 1. The average molecular weight is 248 g/mol. The number of hydrogen-bond acceptors (Lipinski definition) is 6. The van der Waals surface area contributed by atoms with Crippen molar-refractivity contribution in [1.82, 2.24) is 0 Å². The van der Waals surface area contributed by atoms with Crippen molar-refractivity contribution in [1.29, 1.82) is 0 Å². The summed E-state index contributed by atoms with van der Waals surface area (Å²) in [5.41, 5.74) is 0. The second kappa shape index (κ2) is 8.41. The fourth-order valence-corrected chi connectivity index (χ4v) is 1.66. The second-order valence-electron chi connectivity index (χ2n) is 3.83. The van der Waals surface area contributed by atoms with Crippen LogP contribution < -0.4 is 0 Å². The summed E-state index contributed by atoms with van der Waals surface area (Å²) in [7, 11) is 1.60. The van der Waals surface area contributed by atoms with Crippen molar-refractivity contribution in [2.45, 2.75) is 18.9 Å². The smallest absolute Gasteiger partial charge is 0.311 e. The lowest BCUT2D eigenvalue weighted by Gasteiger charge is -2.15. The normalized spacial score (nSPS) is 24.0. The van der Waals surface area contributed by atoms with Gasteiger partial charge < -0.3 is 24.1 Å². The summed E-state index contributed by atoms with van der Waals surface area (Å²) in [4.78, 5) is 11.4. The lowest BCUT2D eigenvalue weighted by molar-refractivity contribution is -0.142. The van der Waals surface area contributed by atoms with Gasteiger partial charge >= 0.3 is 5.97 Å². The standard InChI is InChI=1S/C11H20O6/c1-14-5-6-15-8-17-10-7-16-11(13)9(10)3-2-4-12/h9-10,12H,2-8H2,1H3/t9-,10-/m0/s1. The highest BCUT2D eigenvalue weighted by Gasteiger charge is 2.37. The molecule has 1 rings (SSSR count). The maximum absolute atomic E-state index is 11.4. The summed E-state index contributed by atoms with van der Waals surface area (Å²) in [6.07, 6.45) is 0.888. The lowest BCUT2D eigenvalue weighted by atomic mass is 10.00. The Morgan fingerprint density at radius 2 is 2.29 bits per heavy atom. The second-order valence-corrected chi connectivity index (χ2v) is 3.83. The Bertz CT molecular complexity index is 220. The van der Waals surface area contributed by atoms with Gasteiger partial charge in [-0.05, 0) is 12.8 Å². The Morgan fingerprint density at radius 3 is 3.00 bits per heavy atom.